The van der Waals surface area contributed by atoms with E-state index in [9.17, 15) is 17.6 Å². The zero-order valence-corrected chi connectivity index (χ0v) is 7.77. The average molecular weight is 217 g/mol. The highest BCUT2D eigenvalue weighted by molar-refractivity contribution is 5.81. The third-order valence-electron chi connectivity index (χ3n) is 2.28. The van der Waals surface area contributed by atoms with E-state index in [1.165, 1.54) is 16.8 Å². The fraction of sp³-hybridized carbons (Fsp3) is 0.200. The van der Waals surface area contributed by atoms with E-state index in [2.05, 4.69) is 0 Å². The van der Waals surface area contributed by atoms with Gasteiger partial charge in [-0.2, -0.15) is 13.2 Å². The van der Waals surface area contributed by atoms with Crippen LogP contribution in [0.25, 0.3) is 10.9 Å². The summed E-state index contributed by atoms with van der Waals surface area (Å²) in [5, 5.41) is 0.200. The predicted molar refractivity (Wildman–Crippen MR) is 47.9 cm³/mol. The van der Waals surface area contributed by atoms with Crippen LogP contribution in [0.5, 0.6) is 0 Å². The van der Waals surface area contributed by atoms with E-state index in [0.29, 0.717) is 6.07 Å². The molecule has 0 bridgehead atoms. The largest absolute Gasteiger partial charge is 0.416 e. The van der Waals surface area contributed by atoms with Gasteiger partial charge in [-0.05, 0) is 18.2 Å². The number of alkyl halides is 3. The number of halogens is 4. The summed E-state index contributed by atoms with van der Waals surface area (Å²) >= 11 is 0. The molecule has 0 spiro atoms. The van der Waals surface area contributed by atoms with E-state index in [0.717, 1.165) is 6.07 Å². The molecule has 5 heteroatoms. The minimum Gasteiger partial charge on any atom is -0.350 e. The Balaban J connectivity index is 2.76. The van der Waals surface area contributed by atoms with E-state index >= 15 is 0 Å². The number of aromatic nitrogens is 1. The molecule has 0 saturated carbocycles. The quantitative estimate of drug-likeness (QED) is 0.596. The molecule has 2 aromatic rings. The van der Waals surface area contributed by atoms with Gasteiger partial charge in [0.2, 0.25) is 0 Å². The van der Waals surface area contributed by atoms with E-state index in [1.807, 2.05) is 0 Å². The molecule has 0 atom stereocenters. The van der Waals surface area contributed by atoms with Crippen molar-refractivity contribution in [3.63, 3.8) is 0 Å². The van der Waals surface area contributed by atoms with Crippen molar-refractivity contribution in [3.05, 3.63) is 35.8 Å². The monoisotopic (exact) mass is 217 g/mol. The molecule has 0 radical (unpaired) electrons. The Labute approximate surface area is 82.9 Å². The van der Waals surface area contributed by atoms with Crippen LogP contribution in [0, 0.1) is 5.82 Å². The third-order valence-corrected chi connectivity index (χ3v) is 2.28. The zero-order valence-electron chi connectivity index (χ0n) is 7.77. The average Bonchev–Trinajstić information content (AvgIpc) is 2.47. The highest BCUT2D eigenvalue weighted by atomic mass is 19.4. The van der Waals surface area contributed by atoms with Crippen LogP contribution in [0.1, 0.15) is 5.56 Å². The number of fused-ring (bicyclic) bond motifs is 1. The van der Waals surface area contributed by atoms with Crippen LogP contribution in [0.3, 0.4) is 0 Å². The maximum Gasteiger partial charge on any atom is 0.416 e. The van der Waals surface area contributed by atoms with Crippen LogP contribution >= 0.6 is 0 Å². The zero-order chi connectivity index (χ0) is 11.2. The minimum absolute atomic E-state index is 0.200. The number of hydrogen-bond donors (Lipinski definition) is 0. The van der Waals surface area contributed by atoms with Gasteiger partial charge in [0.25, 0.3) is 0 Å². The van der Waals surface area contributed by atoms with Gasteiger partial charge >= 0.3 is 6.18 Å². The molecule has 15 heavy (non-hydrogen) atoms. The molecule has 0 saturated heterocycles. The van der Waals surface area contributed by atoms with Gasteiger partial charge in [-0.3, -0.25) is 0 Å². The molecule has 0 aliphatic rings. The van der Waals surface area contributed by atoms with Gasteiger partial charge in [0, 0.05) is 18.6 Å². The summed E-state index contributed by atoms with van der Waals surface area (Å²) in [4.78, 5) is 0. The highest BCUT2D eigenvalue weighted by Crippen LogP contribution is 2.32. The van der Waals surface area contributed by atoms with E-state index < -0.39 is 17.6 Å². The number of rotatable bonds is 0. The molecular formula is C10H7F4N. The third kappa shape index (κ3) is 1.58. The maximum atomic E-state index is 13.3. The van der Waals surface area contributed by atoms with E-state index in [1.54, 1.807) is 7.05 Å². The van der Waals surface area contributed by atoms with Crippen LogP contribution in [-0.4, -0.2) is 4.57 Å². The normalized spacial score (nSPS) is 12.3. The first-order valence-corrected chi connectivity index (χ1v) is 4.21. The summed E-state index contributed by atoms with van der Waals surface area (Å²) in [5.74, 6) is -0.847. The van der Waals surface area contributed by atoms with Crippen LogP contribution in [0.4, 0.5) is 17.6 Å². The van der Waals surface area contributed by atoms with Gasteiger partial charge in [0.15, 0.2) is 0 Å². The Morgan fingerprint density at radius 1 is 1.20 bits per heavy atom. The van der Waals surface area contributed by atoms with Gasteiger partial charge in [-0.1, -0.05) is 0 Å². The molecule has 0 N–H and O–H groups in total. The first-order valence-electron chi connectivity index (χ1n) is 4.21. The van der Waals surface area contributed by atoms with E-state index in [-0.39, 0.29) is 10.9 Å². The molecule has 0 aliphatic carbocycles. The second kappa shape index (κ2) is 2.98. The van der Waals surface area contributed by atoms with Crippen LogP contribution in [-0.2, 0) is 13.2 Å². The summed E-state index contributed by atoms with van der Waals surface area (Å²) in [6.45, 7) is 0. The standard InChI is InChI=1S/C10H7F4N/c1-15-3-2-7-8(11)4-6(5-9(7)15)10(12,13)14/h2-5H,1H3. The van der Waals surface area contributed by atoms with Crippen molar-refractivity contribution in [2.75, 3.05) is 0 Å². The summed E-state index contributed by atoms with van der Waals surface area (Å²) < 4.78 is 51.8. The molecule has 2 rings (SSSR count). The lowest BCUT2D eigenvalue weighted by Gasteiger charge is -2.07. The van der Waals surface area contributed by atoms with Crippen LogP contribution in [0.15, 0.2) is 24.4 Å². The topological polar surface area (TPSA) is 4.93 Å². The molecule has 80 valence electrons. The minimum atomic E-state index is -4.51. The van der Waals surface area contributed by atoms with Crippen molar-refractivity contribution >= 4 is 10.9 Å². The summed E-state index contributed by atoms with van der Waals surface area (Å²) in [7, 11) is 1.57. The smallest absolute Gasteiger partial charge is 0.350 e. The number of hydrogen-bond acceptors (Lipinski definition) is 0. The van der Waals surface area contributed by atoms with Gasteiger partial charge in [-0.25, -0.2) is 4.39 Å². The van der Waals surface area contributed by atoms with E-state index in [4.69, 9.17) is 0 Å². The van der Waals surface area contributed by atoms with Crippen molar-refractivity contribution in [2.45, 2.75) is 6.18 Å². The van der Waals surface area contributed by atoms with Gasteiger partial charge in [-0.15, -0.1) is 0 Å². The maximum absolute atomic E-state index is 13.3. The first kappa shape index (κ1) is 10.0. The highest BCUT2D eigenvalue weighted by Gasteiger charge is 2.31. The van der Waals surface area contributed by atoms with Crippen molar-refractivity contribution in [1.29, 1.82) is 0 Å². The van der Waals surface area contributed by atoms with Crippen LogP contribution in [0.2, 0.25) is 0 Å². The lowest BCUT2D eigenvalue weighted by atomic mass is 10.1. The van der Waals surface area contributed by atoms with Crippen molar-refractivity contribution in [2.24, 2.45) is 7.05 Å². The van der Waals surface area contributed by atoms with Gasteiger partial charge in [0.1, 0.15) is 5.82 Å². The molecular weight excluding hydrogens is 210 g/mol. The molecule has 1 nitrogen and oxygen atoms in total. The molecule has 1 aromatic carbocycles. The van der Waals surface area contributed by atoms with Gasteiger partial charge in [0.05, 0.1) is 11.1 Å². The summed E-state index contributed by atoms with van der Waals surface area (Å²) in [5.41, 5.74) is -0.725. The lowest BCUT2D eigenvalue weighted by molar-refractivity contribution is -0.137. The second-order valence-corrected chi connectivity index (χ2v) is 3.32. The molecule has 0 aliphatic heterocycles. The fourth-order valence-electron chi connectivity index (χ4n) is 1.49. The number of benzene rings is 1. The molecule has 0 fully saturated rings. The Morgan fingerprint density at radius 2 is 1.87 bits per heavy atom. The second-order valence-electron chi connectivity index (χ2n) is 3.32. The Morgan fingerprint density at radius 3 is 2.47 bits per heavy atom. The van der Waals surface area contributed by atoms with Gasteiger partial charge < -0.3 is 4.57 Å². The Bertz CT molecular complexity index is 510. The fourth-order valence-corrected chi connectivity index (χ4v) is 1.49. The van der Waals surface area contributed by atoms with Crippen molar-refractivity contribution in [3.8, 4) is 0 Å². The molecule has 0 unspecified atom stereocenters. The molecule has 1 aromatic heterocycles. The predicted octanol–water partition coefficient (Wildman–Crippen LogP) is 3.34. The Kier molecular flexibility index (Phi) is 1.99. The number of nitrogens with zero attached hydrogens (tertiary/aromatic N) is 1. The number of aryl methyl sites for hydroxylation is 1. The first-order chi connectivity index (χ1) is 6.89. The summed E-state index contributed by atoms with van der Waals surface area (Å²) in [6, 6.07) is 2.91. The van der Waals surface area contributed by atoms with Crippen LogP contribution < -0.4 is 0 Å². The van der Waals surface area contributed by atoms with Crippen molar-refractivity contribution < 1.29 is 17.6 Å². The Hall–Kier alpha value is -1.52. The molecule has 0 amide bonds. The summed E-state index contributed by atoms with van der Waals surface area (Å²) in [6.07, 6.45) is -2.99. The molecule has 1 heterocycles. The lowest BCUT2D eigenvalue weighted by Crippen LogP contribution is -2.05. The van der Waals surface area contributed by atoms with Crippen molar-refractivity contribution in [1.82, 2.24) is 4.57 Å². The SMILES string of the molecule is Cn1ccc2c(F)cc(C(F)(F)F)cc21.